The van der Waals surface area contributed by atoms with Crippen molar-refractivity contribution < 1.29 is 18.0 Å². The van der Waals surface area contributed by atoms with Gasteiger partial charge in [0.15, 0.2) is 0 Å². The van der Waals surface area contributed by atoms with Crippen LogP contribution in [-0.2, 0) is 12.7 Å². The molecule has 0 aliphatic heterocycles. The third-order valence-corrected chi connectivity index (χ3v) is 4.70. The molecule has 0 fully saturated rings. The molecule has 134 valence electrons. The molecule has 0 bridgehead atoms. The van der Waals surface area contributed by atoms with E-state index in [0.717, 1.165) is 22.0 Å². The van der Waals surface area contributed by atoms with Gasteiger partial charge in [-0.05, 0) is 36.2 Å². The minimum atomic E-state index is -4.39. The average Bonchev–Trinajstić information content (AvgIpc) is 3.04. The molecule has 1 heterocycles. The van der Waals surface area contributed by atoms with Crippen LogP contribution >= 0.6 is 11.3 Å². The van der Waals surface area contributed by atoms with E-state index >= 15 is 0 Å². The Bertz CT molecular complexity index is 917. The second-order valence-electron chi connectivity index (χ2n) is 5.65. The number of amides is 1. The maximum absolute atomic E-state index is 12.7. The van der Waals surface area contributed by atoms with Crippen LogP contribution < -0.4 is 5.32 Å². The van der Waals surface area contributed by atoms with E-state index in [1.54, 1.807) is 30.5 Å². The molecular formula is C19H15F3N2OS. The maximum Gasteiger partial charge on any atom is 0.416 e. The number of halogens is 3. The molecule has 0 saturated carbocycles. The van der Waals surface area contributed by atoms with Gasteiger partial charge >= 0.3 is 6.18 Å². The van der Waals surface area contributed by atoms with Gasteiger partial charge < -0.3 is 5.32 Å². The summed E-state index contributed by atoms with van der Waals surface area (Å²) in [4.78, 5) is 17.6. The predicted molar refractivity (Wildman–Crippen MR) is 94.9 cm³/mol. The third kappa shape index (κ3) is 4.11. The number of rotatable bonds is 4. The number of benzene rings is 2. The van der Waals surface area contributed by atoms with Crippen LogP contribution in [-0.4, -0.2) is 10.9 Å². The number of carbonyl (C=O) groups excluding carboxylic acids is 1. The molecule has 0 spiro atoms. The van der Waals surface area contributed by atoms with Gasteiger partial charge in [0.25, 0.3) is 5.91 Å². The highest BCUT2D eigenvalue weighted by Crippen LogP contribution is 2.31. The first-order valence-electron chi connectivity index (χ1n) is 7.81. The van der Waals surface area contributed by atoms with E-state index in [4.69, 9.17) is 0 Å². The minimum Gasteiger partial charge on any atom is -0.347 e. The molecule has 3 nitrogen and oxygen atoms in total. The molecule has 0 aliphatic carbocycles. The fraction of sp³-hybridized carbons (Fsp3) is 0.158. The second kappa shape index (κ2) is 7.29. The Kier molecular flexibility index (Phi) is 5.08. The third-order valence-electron chi connectivity index (χ3n) is 3.79. The molecule has 26 heavy (non-hydrogen) atoms. The first-order valence-corrected chi connectivity index (χ1v) is 8.62. The minimum absolute atomic E-state index is 0.286. The Hall–Kier alpha value is -2.67. The highest BCUT2D eigenvalue weighted by molar-refractivity contribution is 7.11. The Morgan fingerprint density at radius 2 is 1.81 bits per heavy atom. The first-order chi connectivity index (χ1) is 12.3. The highest BCUT2D eigenvalue weighted by Gasteiger charge is 2.30. The van der Waals surface area contributed by atoms with E-state index in [0.29, 0.717) is 23.2 Å². The van der Waals surface area contributed by atoms with Gasteiger partial charge in [0.2, 0.25) is 0 Å². The molecule has 1 aromatic heterocycles. The number of hydrogen-bond donors (Lipinski definition) is 1. The smallest absolute Gasteiger partial charge is 0.347 e. The number of nitrogens with zero attached hydrogens (tertiary/aromatic N) is 1. The molecular weight excluding hydrogens is 361 g/mol. The summed E-state index contributed by atoms with van der Waals surface area (Å²) < 4.78 is 38.2. The average molecular weight is 376 g/mol. The van der Waals surface area contributed by atoms with Crippen molar-refractivity contribution >= 4 is 17.2 Å². The predicted octanol–water partition coefficient (Wildman–Crippen LogP) is 5.07. The fourth-order valence-electron chi connectivity index (χ4n) is 2.52. The summed E-state index contributed by atoms with van der Waals surface area (Å²) in [5, 5.41) is 3.74. The van der Waals surface area contributed by atoms with E-state index < -0.39 is 11.7 Å². The molecule has 1 N–H and O–H groups in total. The standard InChI is InChI=1S/C19H15F3N2OS/c1-12-23-10-15(26-12)11-24-18(25)17-5-3-2-4-16(17)13-6-8-14(9-7-13)19(20,21)22/h2-10H,11H2,1H3,(H,24,25). The molecule has 3 rings (SSSR count). The number of carbonyl (C=O) groups is 1. The van der Waals surface area contributed by atoms with Gasteiger partial charge in [-0.2, -0.15) is 13.2 Å². The number of thiazole rings is 1. The van der Waals surface area contributed by atoms with Crippen LogP contribution in [0.5, 0.6) is 0 Å². The van der Waals surface area contributed by atoms with Crippen molar-refractivity contribution in [2.75, 3.05) is 0 Å². The number of aryl methyl sites for hydroxylation is 1. The van der Waals surface area contributed by atoms with Gasteiger partial charge in [0.05, 0.1) is 17.1 Å². The van der Waals surface area contributed by atoms with Gasteiger partial charge in [-0.3, -0.25) is 4.79 Å². The summed E-state index contributed by atoms with van der Waals surface area (Å²) in [7, 11) is 0. The Morgan fingerprint density at radius 3 is 2.42 bits per heavy atom. The van der Waals surface area contributed by atoms with Crippen molar-refractivity contribution in [2.24, 2.45) is 0 Å². The number of aromatic nitrogens is 1. The number of nitrogens with one attached hydrogen (secondary N) is 1. The van der Waals surface area contributed by atoms with Crippen molar-refractivity contribution in [3.05, 3.63) is 75.7 Å². The van der Waals surface area contributed by atoms with Gasteiger partial charge in [-0.25, -0.2) is 4.98 Å². The van der Waals surface area contributed by atoms with Crippen molar-refractivity contribution in [1.29, 1.82) is 0 Å². The largest absolute Gasteiger partial charge is 0.416 e. The summed E-state index contributed by atoms with van der Waals surface area (Å²) >= 11 is 1.50. The van der Waals surface area contributed by atoms with Gasteiger partial charge in [-0.1, -0.05) is 30.3 Å². The van der Waals surface area contributed by atoms with E-state index in [-0.39, 0.29) is 5.91 Å². The monoisotopic (exact) mass is 376 g/mol. The highest BCUT2D eigenvalue weighted by atomic mass is 32.1. The Morgan fingerprint density at radius 1 is 1.12 bits per heavy atom. The van der Waals surface area contributed by atoms with Crippen LogP contribution in [0.25, 0.3) is 11.1 Å². The summed E-state index contributed by atoms with van der Waals surface area (Å²) in [6, 6.07) is 11.6. The Labute approximate surface area is 152 Å². The summed E-state index contributed by atoms with van der Waals surface area (Å²) in [6.45, 7) is 2.24. The normalized spacial score (nSPS) is 11.4. The summed E-state index contributed by atoms with van der Waals surface area (Å²) in [5.41, 5.74) is 0.828. The lowest BCUT2D eigenvalue weighted by molar-refractivity contribution is -0.137. The van der Waals surface area contributed by atoms with Crippen LogP contribution in [0.15, 0.2) is 54.7 Å². The van der Waals surface area contributed by atoms with Crippen molar-refractivity contribution in [2.45, 2.75) is 19.6 Å². The quantitative estimate of drug-likeness (QED) is 0.691. The molecule has 0 saturated heterocycles. The van der Waals surface area contributed by atoms with Crippen LogP contribution in [0.3, 0.4) is 0 Å². The molecule has 2 aromatic carbocycles. The summed E-state index contributed by atoms with van der Waals surface area (Å²) in [5.74, 6) is -0.286. The van der Waals surface area contributed by atoms with Gasteiger partial charge in [-0.15, -0.1) is 11.3 Å². The zero-order chi connectivity index (χ0) is 18.7. The molecule has 3 aromatic rings. The lowest BCUT2D eigenvalue weighted by Crippen LogP contribution is -2.23. The second-order valence-corrected chi connectivity index (χ2v) is 6.97. The molecule has 0 atom stereocenters. The summed E-state index contributed by atoms with van der Waals surface area (Å²) in [6.07, 6.45) is -2.68. The van der Waals surface area contributed by atoms with E-state index in [2.05, 4.69) is 10.3 Å². The zero-order valence-electron chi connectivity index (χ0n) is 13.8. The molecule has 0 radical (unpaired) electrons. The van der Waals surface area contributed by atoms with Crippen molar-refractivity contribution in [3.63, 3.8) is 0 Å². The molecule has 0 unspecified atom stereocenters. The number of hydrogen-bond acceptors (Lipinski definition) is 3. The van der Waals surface area contributed by atoms with Crippen LogP contribution in [0.2, 0.25) is 0 Å². The SMILES string of the molecule is Cc1ncc(CNC(=O)c2ccccc2-c2ccc(C(F)(F)F)cc2)s1. The van der Waals surface area contributed by atoms with Gasteiger partial charge in [0.1, 0.15) is 0 Å². The fourth-order valence-corrected chi connectivity index (χ4v) is 3.26. The lowest BCUT2D eigenvalue weighted by atomic mass is 9.98. The zero-order valence-corrected chi connectivity index (χ0v) is 14.6. The van der Waals surface area contributed by atoms with Crippen LogP contribution in [0, 0.1) is 6.92 Å². The first kappa shape index (κ1) is 18.1. The van der Waals surface area contributed by atoms with Crippen molar-refractivity contribution in [1.82, 2.24) is 10.3 Å². The van der Waals surface area contributed by atoms with E-state index in [9.17, 15) is 18.0 Å². The lowest BCUT2D eigenvalue weighted by Gasteiger charge is -2.11. The topological polar surface area (TPSA) is 42.0 Å². The van der Waals surface area contributed by atoms with Crippen molar-refractivity contribution in [3.8, 4) is 11.1 Å². The molecule has 7 heteroatoms. The van der Waals surface area contributed by atoms with Crippen LogP contribution in [0.4, 0.5) is 13.2 Å². The maximum atomic E-state index is 12.7. The van der Waals surface area contributed by atoms with Gasteiger partial charge in [0, 0.05) is 16.6 Å². The van der Waals surface area contributed by atoms with E-state index in [1.807, 2.05) is 6.92 Å². The van der Waals surface area contributed by atoms with E-state index in [1.165, 1.54) is 23.5 Å². The number of alkyl halides is 3. The molecule has 0 aliphatic rings. The molecule has 1 amide bonds. The Balaban J connectivity index is 1.82. The van der Waals surface area contributed by atoms with Crippen LogP contribution in [0.1, 0.15) is 25.8 Å².